The van der Waals surface area contributed by atoms with E-state index in [0.29, 0.717) is 17.4 Å². The minimum atomic E-state index is -0.837. The Labute approximate surface area is 151 Å². The monoisotopic (exact) mass is 357 g/mol. The summed E-state index contributed by atoms with van der Waals surface area (Å²) in [4.78, 5) is 40.2. The Bertz CT molecular complexity index is 868. The van der Waals surface area contributed by atoms with Gasteiger partial charge in [0.1, 0.15) is 6.54 Å². The van der Waals surface area contributed by atoms with Crippen LogP contribution in [-0.2, 0) is 16.1 Å². The van der Waals surface area contributed by atoms with E-state index >= 15 is 0 Å². The van der Waals surface area contributed by atoms with Gasteiger partial charge in [0, 0.05) is 6.54 Å². The number of benzene rings is 1. The van der Waals surface area contributed by atoms with E-state index in [9.17, 15) is 19.5 Å². The molecule has 0 spiro atoms. The van der Waals surface area contributed by atoms with Crippen molar-refractivity contribution >= 4 is 22.8 Å². The van der Waals surface area contributed by atoms with Crippen LogP contribution in [0, 0.1) is 5.41 Å². The summed E-state index contributed by atoms with van der Waals surface area (Å²) in [6, 6.07) is 7.00. The van der Waals surface area contributed by atoms with Gasteiger partial charge >= 0.3 is 5.97 Å². The molecule has 2 N–H and O–H groups in total. The average Bonchev–Trinajstić information content (AvgIpc) is 2.63. The molecule has 1 saturated carbocycles. The summed E-state index contributed by atoms with van der Waals surface area (Å²) < 4.78 is 1.28. The highest BCUT2D eigenvalue weighted by Crippen LogP contribution is 2.38. The number of carboxylic acid groups (broad SMARTS) is 1. The topological polar surface area (TPSA) is 101 Å². The number of nitrogens with zero attached hydrogens (tertiary/aromatic N) is 2. The van der Waals surface area contributed by atoms with Gasteiger partial charge in [-0.05, 0) is 30.4 Å². The van der Waals surface area contributed by atoms with Crippen molar-refractivity contribution in [1.82, 2.24) is 14.9 Å². The summed E-state index contributed by atoms with van der Waals surface area (Å²) in [5, 5.41) is 12.5. The highest BCUT2D eigenvalue weighted by Gasteiger charge is 2.34. The van der Waals surface area contributed by atoms with Crippen molar-refractivity contribution in [3.05, 3.63) is 40.9 Å². The van der Waals surface area contributed by atoms with Gasteiger partial charge in [-0.1, -0.05) is 31.4 Å². The quantitative estimate of drug-likeness (QED) is 0.823. The Morgan fingerprint density at radius 2 is 1.92 bits per heavy atom. The average molecular weight is 357 g/mol. The molecular weight excluding hydrogens is 334 g/mol. The van der Waals surface area contributed by atoms with E-state index in [-0.39, 0.29) is 29.8 Å². The zero-order chi connectivity index (χ0) is 18.6. The number of hydrogen-bond acceptors (Lipinski definition) is 4. The van der Waals surface area contributed by atoms with E-state index in [2.05, 4.69) is 10.3 Å². The summed E-state index contributed by atoms with van der Waals surface area (Å²) >= 11 is 0. The molecule has 138 valence electrons. The van der Waals surface area contributed by atoms with Crippen LogP contribution in [0.5, 0.6) is 0 Å². The third-order valence-corrected chi connectivity index (χ3v) is 5.15. The van der Waals surface area contributed by atoms with E-state index in [1.54, 1.807) is 24.3 Å². The van der Waals surface area contributed by atoms with E-state index in [1.807, 2.05) is 0 Å². The number of aliphatic carboxylic acids is 1. The van der Waals surface area contributed by atoms with Crippen molar-refractivity contribution < 1.29 is 14.7 Å². The maximum atomic E-state index is 12.4. The van der Waals surface area contributed by atoms with Gasteiger partial charge in [0.05, 0.1) is 23.7 Å². The van der Waals surface area contributed by atoms with Crippen LogP contribution in [0.1, 0.15) is 38.5 Å². The molecule has 26 heavy (non-hydrogen) atoms. The molecule has 0 aliphatic heterocycles. The highest BCUT2D eigenvalue weighted by atomic mass is 16.4. The zero-order valence-electron chi connectivity index (χ0n) is 14.6. The zero-order valence-corrected chi connectivity index (χ0v) is 14.6. The molecular formula is C19H23N3O4. The Morgan fingerprint density at radius 3 is 2.65 bits per heavy atom. The molecule has 0 saturated heterocycles. The number of nitrogens with one attached hydrogen (secondary N) is 1. The van der Waals surface area contributed by atoms with Gasteiger partial charge in [-0.3, -0.25) is 19.0 Å². The fourth-order valence-electron chi connectivity index (χ4n) is 3.75. The summed E-state index contributed by atoms with van der Waals surface area (Å²) in [6.45, 7) is 0.202. The van der Waals surface area contributed by atoms with Gasteiger partial charge in [-0.15, -0.1) is 0 Å². The normalized spacial score (nSPS) is 16.3. The van der Waals surface area contributed by atoms with E-state index in [4.69, 9.17) is 0 Å². The second-order valence-corrected chi connectivity index (χ2v) is 7.10. The fourth-order valence-corrected chi connectivity index (χ4v) is 3.75. The molecule has 3 rings (SSSR count). The number of hydrogen-bond donors (Lipinski definition) is 2. The van der Waals surface area contributed by atoms with Crippen molar-refractivity contribution in [2.24, 2.45) is 5.41 Å². The summed E-state index contributed by atoms with van der Waals surface area (Å²) in [5.74, 6) is -1.14. The summed E-state index contributed by atoms with van der Waals surface area (Å²) in [5.41, 5.74) is -0.0489. The molecule has 0 bridgehead atoms. The second-order valence-electron chi connectivity index (χ2n) is 7.10. The van der Waals surface area contributed by atoms with Crippen LogP contribution < -0.4 is 10.9 Å². The van der Waals surface area contributed by atoms with Crippen LogP contribution in [0.25, 0.3) is 10.9 Å². The van der Waals surface area contributed by atoms with Gasteiger partial charge in [0.25, 0.3) is 5.56 Å². The molecule has 0 radical (unpaired) electrons. The molecule has 1 amide bonds. The third-order valence-electron chi connectivity index (χ3n) is 5.15. The van der Waals surface area contributed by atoms with Gasteiger partial charge in [0.15, 0.2) is 0 Å². The van der Waals surface area contributed by atoms with E-state index in [0.717, 1.165) is 32.1 Å². The lowest BCUT2D eigenvalue weighted by Gasteiger charge is -2.36. The van der Waals surface area contributed by atoms with Crippen molar-refractivity contribution in [2.45, 2.75) is 45.1 Å². The summed E-state index contributed by atoms with van der Waals surface area (Å²) in [7, 11) is 0. The minimum Gasteiger partial charge on any atom is -0.481 e. The Kier molecular flexibility index (Phi) is 5.35. The first-order valence-electron chi connectivity index (χ1n) is 8.92. The molecule has 1 fully saturated rings. The number of para-hydroxylation sites is 1. The molecule has 7 heteroatoms. The molecule has 1 aromatic heterocycles. The van der Waals surface area contributed by atoms with Crippen LogP contribution in [0.3, 0.4) is 0 Å². The molecule has 2 aromatic rings. The van der Waals surface area contributed by atoms with Crippen LogP contribution in [0.2, 0.25) is 0 Å². The van der Waals surface area contributed by atoms with Crippen molar-refractivity contribution in [3.63, 3.8) is 0 Å². The number of carbonyl (C=O) groups is 2. The maximum Gasteiger partial charge on any atom is 0.303 e. The number of carbonyl (C=O) groups excluding carboxylic acids is 1. The lowest BCUT2D eigenvalue weighted by atomic mass is 9.71. The van der Waals surface area contributed by atoms with Crippen LogP contribution in [0.4, 0.5) is 0 Å². The minimum absolute atomic E-state index is 0.0603. The first-order valence-corrected chi connectivity index (χ1v) is 8.92. The third kappa shape index (κ3) is 4.09. The number of carboxylic acids is 1. The molecule has 0 unspecified atom stereocenters. The highest BCUT2D eigenvalue weighted by molar-refractivity contribution is 5.79. The molecule has 1 aliphatic carbocycles. The van der Waals surface area contributed by atoms with Crippen LogP contribution in [0.15, 0.2) is 35.4 Å². The molecule has 1 heterocycles. The van der Waals surface area contributed by atoms with Gasteiger partial charge in [-0.25, -0.2) is 4.98 Å². The number of amides is 1. The Morgan fingerprint density at radius 1 is 1.19 bits per heavy atom. The van der Waals surface area contributed by atoms with Crippen molar-refractivity contribution in [3.8, 4) is 0 Å². The number of aromatic nitrogens is 2. The first-order chi connectivity index (χ1) is 12.5. The first kappa shape index (κ1) is 18.1. The lowest BCUT2D eigenvalue weighted by Crippen LogP contribution is -2.42. The standard InChI is InChI=1S/C19H23N3O4/c23-16(20-12-19(10-17(24)25)8-4-1-5-9-19)11-22-13-21-15-7-3-2-6-14(15)18(22)26/h2-3,6-7,13H,1,4-5,8-12H2,(H,20,23)(H,24,25). The van der Waals surface area contributed by atoms with E-state index < -0.39 is 5.97 Å². The van der Waals surface area contributed by atoms with Crippen LogP contribution >= 0.6 is 0 Å². The van der Waals surface area contributed by atoms with Crippen molar-refractivity contribution in [1.29, 1.82) is 0 Å². The lowest BCUT2D eigenvalue weighted by molar-refractivity contribution is -0.140. The SMILES string of the molecule is O=C(O)CC1(CNC(=O)Cn2cnc3ccccc3c2=O)CCCCC1. The molecule has 7 nitrogen and oxygen atoms in total. The number of fused-ring (bicyclic) bond motifs is 1. The predicted octanol–water partition coefficient (Wildman–Crippen LogP) is 1.94. The van der Waals surface area contributed by atoms with Gasteiger partial charge < -0.3 is 10.4 Å². The predicted molar refractivity (Wildman–Crippen MR) is 96.8 cm³/mol. The van der Waals surface area contributed by atoms with Gasteiger partial charge in [0.2, 0.25) is 5.91 Å². The molecule has 0 atom stereocenters. The number of rotatable bonds is 6. The fraction of sp³-hybridized carbons (Fsp3) is 0.474. The second kappa shape index (κ2) is 7.68. The van der Waals surface area contributed by atoms with Gasteiger partial charge in [-0.2, -0.15) is 0 Å². The molecule has 1 aromatic carbocycles. The molecule has 1 aliphatic rings. The Balaban J connectivity index is 1.67. The van der Waals surface area contributed by atoms with Crippen molar-refractivity contribution in [2.75, 3.05) is 6.54 Å². The van der Waals surface area contributed by atoms with Crippen LogP contribution in [-0.4, -0.2) is 33.1 Å². The largest absolute Gasteiger partial charge is 0.481 e. The van der Waals surface area contributed by atoms with E-state index in [1.165, 1.54) is 10.9 Å². The summed E-state index contributed by atoms with van der Waals surface area (Å²) in [6.07, 6.45) is 6.11. The maximum absolute atomic E-state index is 12.4. The smallest absolute Gasteiger partial charge is 0.303 e. The Hall–Kier alpha value is -2.70.